The van der Waals surface area contributed by atoms with Gasteiger partial charge in [-0.3, -0.25) is 4.79 Å². The Hall–Kier alpha value is -1.06. The van der Waals surface area contributed by atoms with E-state index in [0.29, 0.717) is 0 Å². The van der Waals surface area contributed by atoms with Gasteiger partial charge in [0.25, 0.3) is 0 Å². The highest BCUT2D eigenvalue weighted by Crippen LogP contribution is 2.22. The predicted molar refractivity (Wildman–Crippen MR) is 89.8 cm³/mol. The Bertz CT molecular complexity index is 450. The molecule has 1 saturated heterocycles. The van der Waals surface area contributed by atoms with Gasteiger partial charge in [-0.05, 0) is 57.3 Å². The maximum absolute atomic E-state index is 12.4. The Kier molecular flexibility index (Phi) is 6.69. The van der Waals surface area contributed by atoms with E-state index >= 15 is 0 Å². The topological polar surface area (TPSA) is 41.1 Å². The fraction of sp³-hybridized carbons (Fsp3) is 0.588. The number of piperidine rings is 1. The van der Waals surface area contributed by atoms with Gasteiger partial charge in [0, 0.05) is 5.92 Å². The number of benzene rings is 1. The molecule has 1 heterocycles. The molecule has 3 nitrogen and oxygen atoms in total. The van der Waals surface area contributed by atoms with Crippen LogP contribution in [0, 0.1) is 5.92 Å². The predicted octanol–water partition coefficient (Wildman–Crippen LogP) is 3.02. The molecule has 0 unspecified atom stereocenters. The highest BCUT2D eigenvalue weighted by Gasteiger charge is 2.28. The summed E-state index contributed by atoms with van der Waals surface area (Å²) >= 11 is 0. The molecule has 2 rings (SSSR count). The average molecular weight is 311 g/mol. The number of halogens is 1. The van der Waals surface area contributed by atoms with Crippen LogP contribution in [0.5, 0.6) is 0 Å². The summed E-state index contributed by atoms with van der Waals surface area (Å²) < 4.78 is 0. The highest BCUT2D eigenvalue weighted by atomic mass is 35.5. The number of carbonyl (C=O) groups is 1. The molecular formula is C17H27ClN2O. The first kappa shape index (κ1) is 18.0. The molecular weight excluding hydrogens is 284 g/mol. The van der Waals surface area contributed by atoms with Crippen molar-refractivity contribution in [3.05, 3.63) is 35.4 Å². The zero-order valence-corrected chi connectivity index (χ0v) is 14.1. The Balaban J connectivity index is 0.00000220. The molecule has 118 valence electrons. The molecule has 1 aliphatic rings. The summed E-state index contributed by atoms with van der Waals surface area (Å²) in [6.45, 7) is 8.20. The number of amides is 1. The lowest BCUT2D eigenvalue weighted by atomic mass is 9.90. The molecule has 1 aliphatic heterocycles. The standard InChI is InChI=1S/C17H26N2O.ClH/c1-4-13-5-7-15(8-6-13)17(2,3)19-16(20)14-9-11-18-12-10-14;/h5-8,14,18H,4,9-12H2,1-3H3,(H,19,20);1H. The second kappa shape index (κ2) is 7.81. The molecule has 0 aromatic heterocycles. The minimum Gasteiger partial charge on any atom is -0.347 e. The number of hydrogen-bond donors (Lipinski definition) is 2. The number of nitrogens with one attached hydrogen (secondary N) is 2. The van der Waals surface area contributed by atoms with Crippen LogP contribution in [0.4, 0.5) is 0 Å². The van der Waals surface area contributed by atoms with Crippen LogP contribution in [0.15, 0.2) is 24.3 Å². The fourth-order valence-corrected chi connectivity index (χ4v) is 2.72. The first-order valence-corrected chi connectivity index (χ1v) is 7.65. The second-order valence-electron chi connectivity index (χ2n) is 6.19. The smallest absolute Gasteiger partial charge is 0.223 e. The van der Waals surface area contributed by atoms with Crippen LogP contribution in [0.25, 0.3) is 0 Å². The largest absolute Gasteiger partial charge is 0.347 e. The summed E-state index contributed by atoms with van der Waals surface area (Å²) in [5.74, 6) is 0.349. The van der Waals surface area contributed by atoms with E-state index in [0.717, 1.165) is 37.9 Å². The molecule has 4 heteroatoms. The number of hydrogen-bond acceptors (Lipinski definition) is 2. The maximum Gasteiger partial charge on any atom is 0.223 e. The first-order chi connectivity index (χ1) is 9.53. The van der Waals surface area contributed by atoms with Crippen LogP contribution >= 0.6 is 12.4 Å². The molecule has 0 saturated carbocycles. The van der Waals surface area contributed by atoms with Crippen molar-refractivity contribution in [1.29, 1.82) is 0 Å². The van der Waals surface area contributed by atoms with Gasteiger partial charge in [0.1, 0.15) is 0 Å². The molecule has 1 amide bonds. The van der Waals surface area contributed by atoms with Gasteiger partial charge in [-0.25, -0.2) is 0 Å². The van der Waals surface area contributed by atoms with Gasteiger partial charge in [0.15, 0.2) is 0 Å². The third kappa shape index (κ3) is 4.72. The first-order valence-electron chi connectivity index (χ1n) is 7.65. The van der Waals surface area contributed by atoms with Crippen molar-refractivity contribution >= 4 is 18.3 Å². The summed E-state index contributed by atoms with van der Waals surface area (Å²) in [6, 6.07) is 8.55. The third-order valence-electron chi connectivity index (χ3n) is 4.23. The van der Waals surface area contributed by atoms with Crippen LogP contribution in [0.2, 0.25) is 0 Å². The van der Waals surface area contributed by atoms with Crippen molar-refractivity contribution in [2.45, 2.75) is 45.6 Å². The van der Waals surface area contributed by atoms with Crippen LogP contribution in [-0.4, -0.2) is 19.0 Å². The van der Waals surface area contributed by atoms with Crippen molar-refractivity contribution in [2.75, 3.05) is 13.1 Å². The Morgan fingerprint density at radius 1 is 1.24 bits per heavy atom. The van der Waals surface area contributed by atoms with Crippen LogP contribution in [0.1, 0.15) is 44.7 Å². The van der Waals surface area contributed by atoms with E-state index in [1.165, 1.54) is 5.56 Å². The van der Waals surface area contributed by atoms with Gasteiger partial charge in [0.05, 0.1) is 5.54 Å². The summed E-state index contributed by atoms with van der Waals surface area (Å²) in [6.07, 6.45) is 2.93. The van der Waals surface area contributed by atoms with Crippen molar-refractivity contribution in [2.24, 2.45) is 5.92 Å². The van der Waals surface area contributed by atoms with Crippen LogP contribution in [-0.2, 0) is 16.8 Å². The number of carbonyl (C=O) groups excluding carboxylic acids is 1. The summed E-state index contributed by atoms with van der Waals surface area (Å²) in [5.41, 5.74) is 2.18. The lowest BCUT2D eigenvalue weighted by Gasteiger charge is -2.31. The summed E-state index contributed by atoms with van der Waals surface area (Å²) in [4.78, 5) is 12.4. The van der Waals surface area contributed by atoms with Gasteiger partial charge in [0.2, 0.25) is 5.91 Å². The Morgan fingerprint density at radius 2 is 1.81 bits per heavy atom. The van der Waals surface area contributed by atoms with Gasteiger partial charge in [-0.1, -0.05) is 31.2 Å². The lowest BCUT2D eigenvalue weighted by molar-refractivity contribution is -0.127. The lowest BCUT2D eigenvalue weighted by Crippen LogP contribution is -2.46. The molecule has 0 spiro atoms. The minimum atomic E-state index is -0.311. The number of rotatable bonds is 4. The van der Waals surface area contributed by atoms with Gasteiger partial charge >= 0.3 is 0 Å². The Labute approximate surface area is 134 Å². The quantitative estimate of drug-likeness (QED) is 0.897. The third-order valence-corrected chi connectivity index (χ3v) is 4.23. The SMILES string of the molecule is CCc1ccc(C(C)(C)NC(=O)C2CCNCC2)cc1.Cl. The average Bonchev–Trinajstić information content (AvgIpc) is 2.48. The van der Waals surface area contributed by atoms with E-state index in [4.69, 9.17) is 0 Å². The fourth-order valence-electron chi connectivity index (χ4n) is 2.72. The molecule has 2 N–H and O–H groups in total. The second-order valence-corrected chi connectivity index (χ2v) is 6.19. The molecule has 0 atom stereocenters. The normalized spacial score (nSPS) is 16.1. The van der Waals surface area contributed by atoms with E-state index in [1.54, 1.807) is 0 Å². The maximum atomic E-state index is 12.4. The monoisotopic (exact) mass is 310 g/mol. The summed E-state index contributed by atoms with van der Waals surface area (Å²) in [5, 5.41) is 6.51. The molecule has 0 bridgehead atoms. The van der Waals surface area contributed by atoms with E-state index in [1.807, 2.05) is 0 Å². The minimum absolute atomic E-state index is 0. The van der Waals surface area contributed by atoms with Crippen LogP contribution < -0.4 is 10.6 Å². The van der Waals surface area contributed by atoms with Crippen molar-refractivity contribution in [3.8, 4) is 0 Å². The van der Waals surface area contributed by atoms with E-state index in [2.05, 4.69) is 55.7 Å². The van der Waals surface area contributed by atoms with Crippen molar-refractivity contribution in [1.82, 2.24) is 10.6 Å². The van der Waals surface area contributed by atoms with Gasteiger partial charge in [-0.15, -0.1) is 12.4 Å². The number of aryl methyl sites for hydroxylation is 1. The van der Waals surface area contributed by atoms with E-state index in [9.17, 15) is 4.79 Å². The Morgan fingerprint density at radius 3 is 2.33 bits per heavy atom. The highest BCUT2D eigenvalue weighted by molar-refractivity contribution is 5.85. The summed E-state index contributed by atoms with van der Waals surface area (Å²) in [7, 11) is 0. The molecule has 0 radical (unpaired) electrons. The van der Waals surface area contributed by atoms with E-state index < -0.39 is 0 Å². The van der Waals surface area contributed by atoms with Crippen LogP contribution in [0.3, 0.4) is 0 Å². The zero-order valence-electron chi connectivity index (χ0n) is 13.2. The van der Waals surface area contributed by atoms with Gasteiger partial charge < -0.3 is 10.6 Å². The van der Waals surface area contributed by atoms with Crippen molar-refractivity contribution < 1.29 is 4.79 Å². The molecule has 21 heavy (non-hydrogen) atoms. The van der Waals surface area contributed by atoms with E-state index in [-0.39, 0.29) is 29.8 Å². The van der Waals surface area contributed by atoms with Gasteiger partial charge in [-0.2, -0.15) is 0 Å². The zero-order chi connectivity index (χ0) is 14.6. The molecule has 0 aliphatic carbocycles. The van der Waals surface area contributed by atoms with Crippen molar-refractivity contribution in [3.63, 3.8) is 0 Å². The molecule has 1 aromatic carbocycles. The molecule has 1 fully saturated rings. The molecule has 1 aromatic rings.